The van der Waals surface area contributed by atoms with Crippen molar-refractivity contribution in [2.24, 2.45) is 4.99 Å². The van der Waals surface area contributed by atoms with E-state index in [1.165, 1.54) is 48.7 Å². The second kappa shape index (κ2) is 11.1. The van der Waals surface area contributed by atoms with Gasteiger partial charge in [-0.05, 0) is 62.2 Å². The molecule has 2 aromatic carbocycles. The van der Waals surface area contributed by atoms with Crippen LogP contribution in [0.25, 0.3) is 33.4 Å². The number of benzene rings is 3. The Morgan fingerprint density at radius 1 is 1.03 bits per heavy atom. The average Bonchev–Trinajstić information content (AvgIpc) is 2.87. The molecular weight excluding hydrogens is 488 g/mol. The van der Waals surface area contributed by atoms with Crippen molar-refractivity contribution in [1.29, 1.82) is 0 Å². The van der Waals surface area contributed by atoms with Gasteiger partial charge < -0.3 is 19.9 Å². The first-order valence-electron chi connectivity index (χ1n) is 12.1. The van der Waals surface area contributed by atoms with E-state index in [-0.39, 0.29) is 58.4 Å². The molecular formula is C29H26N2O7. The van der Waals surface area contributed by atoms with Crippen LogP contribution in [0.2, 0.25) is 0 Å². The summed E-state index contributed by atoms with van der Waals surface area (Å²) in [7, 11) is 0. The van der Waals surface area contributed by atoms with Crippen LogP contribution in [0.3, 0.4) is 0 Å². The van der Waals surface area contributed by atoms with Crippen molar-refractivity contribution in [3.05, 3.63) is 75.9 Å². The highest BCUT2D eigenvalue weighted by atomic mass is 16.4. The van der Waals surface area contributed by atoms with Crippen LogP contribution in [0.1, 0.15) is 47.4 Å². The number of hydrogen-bond donors (Lipinski definition) is 3. The number of phenols is 1. The predicted octanol–water partition coefficient (Wildman–Crippen LogP) is 4.53. The molecule has 4 rings (SSSR count). The Hall–Kier alpha value is -4.79. The van der Waals surface area contributed by atoms with E-state index in [2.05, 4.69) is 10.3 Å². The third-order valence-electron chi connectivity index (χ3n) is 5.86. The molecule has 0 saturated heterocycles. The summed E-state index contributed by atoms with van der Waals surface area (Å²) >= 11 is 0. The Labute approximate surface area is 217 Å². The minimum atomic E-state index is -1.24. The second-order valence-corrected chi connectivity index (χ2v) is 9.08. The summed E-state index contributed by atoms with van der Waals surface area (Å²) in [5.74, 6) is -1.66. The summed E-state index contributed by atoms with van der Waals surface area (Å²) < 4.78 is 5.83. The molecule has 1 heterocycles. The number of amides is 1. The average molecular weight is 515 g/mol. The number of hydrogen-bond acceptors (Lipinski definition) is 7. The number of rotatable bonds is 9. The summed E-state index contributed by atoms with van der Waals surface area (Å²) in [6.45, 7) is 3.97. The number of phenolic OH excluding ortho intramolecular Hbond substituents is 1. The molecule has 3 N–H and O–H groups in total. The van der Waals surface area contributed by atoms with Crippen LogP contribution in [-0.4, -0.2) is 46.7 Å². The molecule has 2 aromatic rings. The van der Waals surface area contributed by atoms with Crippen LogP contribution in [0.5, 0.6) is 5.75 Å². The molecule has 38 heavy (non-hydrogen) atoms. The molecule has 0 spiro atoms. The molecule has 0 aromatic heterocycles. The Morgan fingerprint density at radius 3 is 2.53 bits per heavy atom. The summed E-state index contributed by atoms with van der Waals surface area (Å²) in [6.07, 6.45) is 1.95. The summed E-state index contributed by atoms with van der Waals surface area (Å²) in [5, 5.41) is 23.2. The van der Waals surface area contributed by atoms with Gasteiger partial charge >= 0.3 is 5.97 Å². The molecule has 0 radical (unpaired) electrons. The number of carbonyl (C=O) groups excluding carboxylic acids is 2. The van der Waals surface area contributed by atoms with Crippen LogP contribution in [0, 0.1) is 0 Å². The lowest BCUT2D eigenvalue weighted by Gasteiger charge is -2.17. The number of aromatic hydroxyl groups is 1. The van der Waals surface area contributed by atoms with Gasteiger partial charge in [0.2, 0.25) is 0 Å². The van der Waals surface area contributed by atoms with Gasteiger partial charge in [0.25, 0.3) is 5.91 Å². The third-order valence-corrected chi connectivity index (χ3v) is 5.86. The maximum Gasteiger partial charge on any atom is 0.336 e. The third kappa shape index (κ3) is 5.78. The molecule has 1 amide bonds. The number of ketones is 1. The molecule has 2 aliphatic rings. The standard InChI is InChI=1S/C29H26N2O7/c1-16(2)31-15-20(34)4-3-11-30-28(35)17-5-8-21(24(12-17)29(36)37)27-22-9-6-18(32)13-25(22)38-26-14-19(33)7-10-23(26)27/h5-10,12-16,32H,3-4,11H2,1-2H3,(H,30,35)(H,36,37). The van der Waals surface area contributed by atoms with Crippen molar-refractivity contribution in [2.45, 2.75) is 32.7 Å². The molecule has 0 unspecified atom stereocenters. The van der Waals surface area contributed by atoms with Gasteiger partial charge in [0.05, 0.1) is 11.8 Å². The molecule has 1 aliphatic carbocycles. The number of carboxylic acids is 1. The normalized spacial score (nSPS) is 11.4. The highest BCUT2D eigenvalue weighted by Crippen LogP contribution is 2.42. The van der Waals surface area contributed by atoms with Gasteiger partial charge in [0.1, 0.15) is 17.1 Å². The number of nitrogens with zero attached hydrogens (tertiary/aromatic N) is 1. The number of fused-ring (bicyclic) bond motifs is 2. The van der Waals surface area contributed by atoms with E-state index in [1.54, 1.807) is 12.1 Å². The topological polar surface area (TPSA) is 146 Å². The lowest BCUT2D eigenvalue weighted by molar-refractivity contribution is -0.112. The van der Waals surface area contributed by atoms with Crippen molar-refractivity contribution in [2.75, 3.05) is 6.54 Å². The number of carboxylic acid groups (broad SMARTS) is 1. The van der Waals surface area contributed by atoms with Crippen molar-refractivity contribution in [3.63, 3.8) is 0 Å². The molecule has 194 valence electrons. The fourth-order valence-electron chi connectivity index (χ4n) is 4.09. The predicted molar refractivity (Wildman–Crippen MR) is 143 cm³/mol. The van der Waals surface area contributed by atoms with E-state index in [0.717, 1.165) is 0 Å². The first-order valence-corrected chi connectivity index (χ1v) is 12.1. The van der Waals surface area contributed by atoms with E-state index < -0.39 is 11.9 Å². The molecule has 9 nitrogen and oxygen atoms in total. The monoisotopic (exact) mass is 514 g/mol. The maximum atomic E-state index is 12.7. The van der Waals surface area contributed by atoms with Gasteiger partial charge in [-0.15, -0.1) is 0 Å². The van der Waals surface area contributed by atoms with Gasteiger partial charge in [0, 0.05) is 53.2 Å². The largest absolute Gasteiger partial charge is 0.508 e. The number of aromatic carboxylic acids is 1. The Kier molecular flexibility index (Phi) is 7.66. The second-order valence-electron chi connectivity index (χ2n) is 9.08. The summed E-state index contributed by atoms with van der Waals surface area (Å²) in [6, 6.07) is 13.0. The zero-order valence-corrected chi connectivity index (χ0v) is 20.9. The Bertz CT molecular complexity index is 1600. The zero-order chi connectivity index (χ0) is 27.4. The smallest absolute Gasteiger partial charge is 0.336 e. The van der Waals surface area contributed by atoms with Crippen LogP contribution in [0.15, 0.2) is 68.8 Å². The molecule has 0 fully saturated rings. The van der Waals surface area contributed by atoms with Gasteiger partial charge in [-0.2, -0.15) is 0 Å². The summed E-state index contributed by atoms with van der Waals surface area (Å²) in [5.41, 5.74) is 1.33. The highest BCUT2D eigenvalue weighted by Gasteiger charge is 2.23. The lowest BCUT2D eigenvalue weighted by Crippen LogP contribution is -2.25. The first kappa shape index (κ1) is 26.3. The minimum absolute atomic E-state index is 0.0302. The van der Waals surface area contributed by atoms with E-state index >= 15 is 0 Å². The fourth-order valence-corrected chi connectivity index (χ4v) is 4.09. The molecule has 1 aliphatic heterocycles. The van der Waals surface area contributed by atoms with Gasteiger partial charge in [-0.3, -0.25) is 19.4 Å². The van der Waals surface area contributed by atoms with E-state index in [4.69, 9.17) is 4.42 Å². The first-order chi connectivity index (χ1) is 18.1. The van der Waals surface area contributed by atoms with Gasteiger partial charge in [-0.1, -0.05) is 6.07 Å². The molecule has 0 saturated carbocycles. The number of aliphatic imine (C=N–C) groups is 1. The van der Waals surface area contributed by atoms with E-state index in [9.17, 15) is 29.4 Å². The molecule has 0 bridgehead atoms. The lowest BCUT2D eigenvalue weighted by atomic mass is 9.90. The van der Waals surface area contributed by atoms with Crippen molar-refractivity contribution >= 4 is 34.8 Å². The van der Waals surface area contributed by atoms with E-state index in [1.807, 2.05) is 13.8 Å². The summed E-state index contributed by atoms with van der Waals surface area (Å²) in [4.78, 5) is 52.8. The van der Waals surface area contributed by atoms with Crippen LogP contribution in [0.4, 0.5) is 0 Å². The Morgan fingerprint density at radius 2 is 1.79 bits per heavy atom. The van der Waals surface area contributed by atoms with Gasteiger partial charge in [-0.25, -0.2) is 4.79 Å². The molecule has 9 heteroatoms. The number of nitrogens with one attached hydrogen (secondary N) is 1. The van der Waals surface area contributed by atoms with Crippen LogP contribution in [-0.2, 0) is 4.79 Å². The fraction of sp³-hybridized carbons (Fsp3) is 0.207. The van der Waals surface area contributed by atoms with Crippen molar-refractivity contribution < 1.29 is 29.0 Å². The van der Waals surface area contributed by atoms with Crippen molar-refractivity contribution in [1.82, 2.24) is 5.32 Å². The highest BCUT2D eigenvalue weighted by molar-refractivity contribution is 6.27. The minimum Gasteiger partial charge on any atom is -0.508 e. The van der Waals surface area contributed by atoms with Gasteiger partial charge in [0.15, 0.2) is 11.2 Å². The molecule has 0 atom stereocenters. The Balaban J connectivity index is 1.66. The number of Topliss-reactive ketones (excluding diaryl/α,β-unsaturated/α-hetero) is 1. The zero-order valence-electron chi connectivity index (χ0n) is 20.9. The quantitative estimate of drug-likeness (QED) is 0.169. The van der Waals surface area contributed by atoms with E-state index in [0.29, 0.717) is 28.5 Å². The van der Waals surface area contributed by atoms with Crippen molar-refractivity contribution in [3.8, 4) is 28.2 Å². The maximum absolute atomic E-state index is 12.7. The SMILES string of the molecule is CC(C)N=CC(=O)CCCNC(=O)c1ccc(-c2c3ccc(=O)cc-3oc3cc(O)ccc23)c(C(=O)O)c1. The number of carbonyl (C=O) groups is 3. The van der Waals surface area contributed by atoms with Crippen LogP contribution >= 0.6 is 0 Å². The van der Waals surface area contributed by atoms with Crippen LogP contribution < -0.4 is 10.7 Å².